The second-order valence-electron chi connectivity index (χ2n) is 4.43. The summed E-state index contributed by atoms with van der Waals surface area (Å²) in [5.74, 6) is -1.68. The van der Waals surface area contributed by atoms with Crippen molar-refractivity contribution in [3.05, 3.63) is 22.4 Å². The summed E-state index contributed by atoms with van der Waals surface area (Å²) in [6.45, 7) is -0.157. The maximum Gasteiger partial charge on any atom is 0.326 e. The zero-order chi connectivity index (χ0) is 17.0. The predicted molar refractivity (Wildman–Crippen MR) is 81.8 cm³/mol. The number of halogens is 2. The second-order valence-corrected chi connectivity index (χ2v) is 6.95. The van der Waals surface area contributed by atoms with Crippen molar-refractivity contribution in [1.29, 1.82) is 0 Å². The van der Waals surface area contributed by atoms with Gasteiger partial charge in [0.25, 0.3) is 5.91 Å². The van der Waals surface area contributed by atoms with Crippen molar-refractivity contribution >= 4 is 37.7 Å². The van der Waals surface area contributed by atoms with Crippen LogP contribution in [0.4, 0.5) is 10.1 Å². The average Bonchev–Trinajstić information content (AvgIpc) is 2.70. The molecule has 0 unspecified atom stereocenters. The molecule has 0 saturated carbocycles. The van der Waals surface area contributed by atoms with Crippen LogP contribution < -0.4 is 13.8 Å². The molecule has 1 aromatic rings. The molecule has 0 radical (unpaired) electrons. The molecule has 23 heavy (non-hydrogen) atoms. The molecule has 0 aliphatic carbocycles. The molecule has 1 aromatic carbocycles. The van der Waals surface area contributed by atoms with Crippen molar-refractivity contribution in [3.8, 4) is 5.75 Å². The SMILES string of the molecule is COCCOCOc1cc(Br)cc(F)c1N1CC(=O)NS1(=O)=O. The van der Waals surface area contributed by atoms with Crippen LogP contribution in [-0.2, 0) is 24.5 Å². The van der Waals surface area contributed by atoms with Crippen LogP contribution in [0.5, 0.6) is 5.75 Å². The highest BCUT2D eigenvalue weighted by Crippen LogP contribution is 2.36. The fraction of sp³-hybridized carbons (Fsp3) is 0.417. The zero-order valence-electron chi connectivity index (χ0n) is 12.0. The largest absolute Gasteiger partial charge is 0.465 e. The molecule has 1 aliphatic rings. The minimum atomic E-state index is -4.15. The summed E-state index contributed by atoms with van der Waals surface area (Å²) in [5.41, 5.74) is -0.359. The van der Waals surface area contributed by atoms with Gasteiger partial charge in [-0.2, -0.15) is 8.42 Å². The summed E-state index contributed by atoms with van der Waals surface area (Å²) in [7, 11) is -2.64. The van der Waals surface area contributed by atoms with E-state index in [0.29, 0.717) is 15.4 Å². The number of anilines is 1. The molecule has 1 aliphatic heterocycles. The van der Waals surface area contributed by atoms with Gasteiger partial charge in [0.1, 0.15) is 12.2 Å². The fourth-order valence-corrected chi connectivity index (χ4v) is 3.42. The molecule has 2 rings (SSSR count). The molecule has 128 valence electrons. The molecule has 1 N–H and O–H groups in total. The van der Waals surface area contributed by atoms with E-state index in [1.807, 2.05) is 0 Å². The summed E-state index contributed by atoms with van der Waals surface area (Å²) in [4.78, 5) is 11.3. The summed E-state index contributed by atoms with van der Waals surface area (Å²) in [6, 6.07) is 2.46. The smallest absolute Gasteiger partial charge is 0.326 e. The van der Waals surface area contributed by atoms with Crippen LogP contribution >= 0.6 is 15.9 Å². The Morgan fingerprint density at radius 2 is 2.13 bits per heavy atom. The van der Waals surface area contributed by atoms with Gasteiger partial charge in [-0.1, -0.05) is 15.9 Å². The lowest BCUT2D eigenvalue weighted by Gasteiger charge is -2.20. The quantitative estimate of drug-likeness (QED) is 0.524. The molecule has 1 amide bonds. The Bertz CT molecular complexity index is 699. The van der Waals surface area contributed by atoms with E-state index >= 15 is 0 Å². The van der Waals surface area contributed by atoms with E-state index in [4.69, 9.17) is 14.2 Å². The Morgan fingerprint density at radius 3 is 2.74 bits per heavy atom. The third-order valence-electron chi connectivity index (χ3n) is 2.79. The van der Waals surface area contributed by atoms with Gasteiger partial charge in [0.15, 0.2) is 18.4 Å². The van der Waals surface area contributed by atoms with Gasteiger partial charge in [0.05, 0.1) is 13.2 Å². The Balaban J connectivity index is 2.26. The summed E-state index contributed by atoms with van der Waals surface area (Å²) in [5, 5.41) is 0. The van der Waals surface area contributed by atoms with Crippen LogP contribution in [0, 0.1) is 5.82 Å². The van der Waals surface area contributed by atoms with Gasteiger partial charge in [-0.05, 0) is 12.1 Å². The van der Waals surface area contributed by atoms with Gasteiger partial charge >= 0.3 is 10.2 Å². The van der Waals surface area contributed by atoms with Crippen molar-refractivity contribution in [2.75, 3.05) is 38.0 Å². The van der Waals surface area contributed by atoms with Crippen LogP contribution in [0.15, 0.2) is 16.6 Å². The van der Waals surface area contributed by atoms with Crippen LogP contribution in [-0.4, -0.2) is 48.0 Å². The van der Waals surface area contributed by atoms with Crippen molar-refractivity contribution in [2.45, 2.75) is 0 Å². The fourth-order valence-electron chi connectivity index (χ4n) is 1.85. The van der Waals surface area contributed by atoms with E-state index < -0.39 is 28.5 Å². The van der Waals surface area contributed by atoms with Crippen LogP contribution in [0.2, 0.25) is 0 Å². The first-order chi connectivity index (χ1) is 10.8. The maximum absolute atomic E-state index is 14.2. The lowest BCUT2D eigenvalue weighted by Crippen LogP contribution is -2.30. The van der Waals surface area contributed by atoms with Gasteiger partial charge in [0.2, 0.25) is 0 Å². The first kappa shape index (κ1) is 17.9. The van der Waals surface area contributed by atoms with E-state index in [-0.39, 0.29) is 24.8 Å². The van der Waals surface area contributed by atoms with E-state index in [2.05, 4.69) is 15.9 Å². The molecule has 0 atom stereocenters. The van der Waals surface area contributed by atoms with E-state index in [9.17, 15) is 17.6 Å². The molecule has 0 spiro atoms. The summed E-state index contributed by atoms with van der Waals surface area (Å²) < 4.78 is 56.0. The standard InChI is InChI=1S/C12H14BrFN2O6S/c1-20-2-3-21-7-22-10-5-8(13)4-9(14)12(10)16-6-11(17)15-23(16,18)19/h4-5H,2-3,6-7H2,1H3,(H,15,17). The van der Waals surface area contributed by atoms with E-state index in [1.54, 1.807) is 4.72 Å². The normalized spacial score (nSPS) is 16.5. The van der Waals surface area contributed by atoms with Gasteiger partial charge in [-0.3, -0.25) is 4.79 Å². The number of ether oxygens (including phenoxy) is 3. The van der Waals surface area contributed by atoms with Gasteiger partial charge in [0, 0.05) is 11.6 Å². The number of rotatable bonds is 7. The minimum Gasteiger partial charge on any atom is -0.465 e. The number of nitrogens with zero attached hydrogens (tertiary/aromatic N) is 1. The summed E-state index contributed by atoms with van der Waals surface area (Å²) >= 11 is 3.10. The molecule has 0 aromatic heterocycles. The Hall–Kier alpha value is -1.43. The molecular weight excluding hydrogens is 399 g/mol. The Labute approximate surface area is 140 Å². The predicted octanol–water partition coefficient (Wildman–Crippen LogP) is 0.769. The van der Waals surface area contributed by atoms with Crippen LogP contribution in [0.1, 0.15) is 0 Å². The van der Waals surface area contributed by atoms with Crippen molar-refractivity contribution < 1.29 is 31.8 Å². The van der Waals surface area contributed by atoms with E-state index in [1.165, 1.54) is 13.2 Å². The van der Waals surface area contributed by atoms with E-state index in [0.717, 1.165) is 6.07 Å². The summed E-state index contributed by atoms with van der Waals surface area (Å²) in [6.07, 6.45) is 0. The van der Waals surface area contributed by atoms with Gasteiger partial charge < -0.3 is 14.2 Å². The minimum absolute atomic E-state index is 0.0747. The van der Waals surface area contributed by atoms with Gasteiger partial charge in [-0.15, -0.1) is 0 Å². The van der Waals surface area contributed by atoms with Crippen molar-refractivity contribution in [2.24, 2.45) is 0 Å². The first-order valence-corrected chi connectivity index (χ1v) is 8.60. The molecule has 11 heteroatoms. The average molecular weight is 413 g/mol. The number of carbonyl (C=O) groups is 1. The third-order valence-corrected chi connectivity index (χ3v) is 4.63. The number of hydrogen-bond acceptors (Lipinski definition) is 6. The lowest BCUT2D eigenvalue weighted by atomic mass is 10.2. The first-order valence-electron chi connectivity index (χ1n) is 6.37. The molecule has 8 nitrogen and oxygen atoms in total. The van der Waals surface area contributed by atoms with Crippen molar-refractivity contribution in [1.82, 2.24) is 4.72 Å². The number of amides is 1. The zero-order valence-corrected chi connectivity index (χ0v) is 14.4. The highest BCUT2D eigenvalue weighted by Gasteiger charge is 2.37. The Kier molecular flexibility index (Phi) is 5.79. The molecule has 0 bridgehead atoms. The molecule has 1 fully saturated rings. The second kappa shape index (κ2) is 7.43. The monoisotopic (exact) mass is 412 g/mol. The number of benzene rings is 1. The third kappa shape index (κ3) is 4.31. The number of methoxy groups -OCH3 is 1. The van der Waals surface area contributed by atoms with Crippen LogP contribution in [0.3, 0.4) is 0 Å². The maximum atomic E-state index is 14.2. The lowest BCUT2D eigenvalue weighted by molar-refractivity contribution is -0.117. The number of hydrogen-bond donors (Lipinski definition) is 1. The van der Waals surface area contributed by atoms with Crippen molar-refractivity contribution in [3.63, 3.8) is 0 Å². The molecular formula is C12H14BrFN2O6S. The topological polar surface area (TPSA) is 94.2 Å². The molecule has 1 heterocycles. The number of nitrogens with one attached hydrogen (secondary N) is 1. The molecule has 1 saturated heterocycles. The van der Waals surface area contributed by atoms with Crippen LogP contribution in [0.25, 0.3) is 0 Å². The highest BCUT2D eigenvalue weighted by molar-refractivity contribution is 9.10. The Morgan fingerprint density at radius 1 is 1.39 bits per heavy atom. The number of carbonyl (C=O) groups excluding carboxylic acids is 1. The van der Waals surface area contributed by atoms with Gasteiger partial charge in [-0.25, -0.2) is 13.4 Å². The highest BCUT2D eigenvalue weighted by atomic mass is 79.9.